The number of H-pyrrole nitrogens is 2. The summed E-state index contributed by atoms with van der Waals surface area (Å²) in [6.45, 7) is 2.39. The summed E-state index contributed by atoms with van der Waals surface area (Å²) in [7, 11) is 0. The number of aliphatic carboxylic acids is 1. The average molecular weight is 621 g/mol. The number of hydrogen-bond acceptors (Lipinski definition) is 6. The zero-order chi connectivity index (χ0) is 31.6. The predicted molar refractivity (Wildman–Crippen MR) is 162 cm³/mol. The first-order valence-electron chi connectivity index (χ1n) is 14.6. The Morgan fingerprint density at radius 1 is 1.04 bits per heavy atom. The lowest BCUT2D eigenvalue weighted by Crippen LogP contribution is -2.52. The number of carboxylic acids is 1. The van der Waals surface area contributed by atoms with Gasteiger partial charge in [-0.25, -0.2) is 9.78 Å². The van der Waals surface area contributed by atoms with Crippen LogP contribution in [0.5, 0.6) is 0 Å². The molecule has 2 atom stereocenters. The number of rotatable bonds is 5. The van der Waals surface area contributed by atoms with Crippen molar-refractivity contribution < 1.29 is 32.6 Å². The summed E-state index contributed by atoms with van der Waals surface area (Å²) in [6, 6.07) is 18.5. The number of aromatic nitrogens is 4. The Labute approximate surface area is 255 Å². The maximum Gasteiger partial charge on any atom is 0.490 e. The number of nitrogens with zero attached hydrogens (tertiary/aromatic N) is 3. The number of morpholine rings is 1. The van der Waals surface area contributed by atoms with Gasteiger partial charge >= 0.3 is 12.1 Å². The van der Waals surface area contributed by atoms with Crippen molar-refractivity contribution >= 4 is 39.4 Å². The van der Waals surface area contributed by atoms with Crippen molar-refractivity contribution in [3.8, 4) is 11.1 Å². The Hall–Kier alpha value is -4.75. The van der Waals surface area contributed by atoms with E-state index in [1.165, 1.54) is 19.3 Å². The van der Waals surface area contributed by atoms with Gasteiger partial charge < -0.3 is 20.1 Å². The lowest BCUT2D eigenvalue weighted by molar-refractivity contribution is -0.192. The molecule has 4 heterocycles. The molecule has 1 aliphatic heterocycles. The highest BCUT2D eigenvalue weighted by Crippen LogP contribution is 2.34. The number of carbonyl (C=O) groups excluding carboxylic acids is 1. The third-order valence-electron chi connectivity index (χ3n) is 8.21. The lowest BCUT2D eigenvalue weighted by atomic mass is 9.90. The van der Waals surface area contributed by atoms with Crippen LogP contribution in [0.4, 0.5) is 18.9 Å². The number of ether oxygens (including phenoxy) is 1. The zero-order valence-corrected chi connectivity index (χ0v) is 24.1. The molecule has 1 saturated carbocycles. The van der Waals surface area contributed by atoms with Crippen molar-refractivity contribution in [1.29, 1.82) is 0 Å². The smallest absolute Gasteiger partial charge is 0.475 e. The maximum atomic E-state index is 13.4. The van der Waals surface area contributed by atoms with E-state index in [0.29, 0.717) is 23.5 Å². The van der Waals surface area contributed by atoms with Gasteiger partial charge in [0, 0.05) is 41.6 Å². The van der Waals surface area contributed by atoms with Crippen LogP contribution in [0.1, 0.15) is 41.9 Å². The highest BCUT2D eigenvalue weighted by atomic mass is 19.4. The quantitative estimate of drug-likeness (QED) is 0.185. The largest absolute Gasteiger partial charge is 0.490 e. The standard InChI is InChI=1S/C30H30N6O2.C2HF3O2/c37-30(25-8-3-5-20(33-25)18-36-13-14-38-29-10-2-1-9-28(29)36)34-26-15-19(16-27-23(26)17-32-35-27)21-6-4-7-24-22(21)11-12-31-24;3-2(4,5)1(6)7/h3-8,11-12,15-17,28-29,31H,1-2,9-10,13-14,18H2,(H,32,35)(H,34,37);(H,6,7). The topological polar surface area (TPSA) is 136 Å². The Morgan fingerprint density at radius 3 is 2.67 bits per heavy atom. The van der Waals surface area contributed by atoms with Gasteiger partial charge in [0.2, 0.25) is 0 Å². The number of carboxylic acid groups (broad SMARTS) is 1. The molecule has 45 heavy (non-hydrogen) atoms. The molecule has 10 nitrogen and oxygen atoms in total. The molecule has 13 heteroatoms. The van der Waals surface area contributed by atoms with Gasteiger partial charge in [-0.05, 0) is 60.4 Å². The number of amides is 1. The molecule has 0 bridgehead atoms. The minimum absolute atomic E-state index is 0.233. The highest BCUT2D eigenvalue weighted by Gasteiger charge is 2.38. The highest BCUT2D eigenvalue weighted by molar-refractivity contribution is 6.09. The second kappa shape index (κ2) is 12.7. The molecule has 2 aliphatic rings. The molecular weight excluding hydrogens is 589 g/mol. The van der Waals surface area contributed by atoms with Crippen LogP contribution in [0.3, 0.4) is 0 Å². The van der Waals surface area contributed by atoms with Gasteiger partial charge in [-0.15, -0.1) is 0 Å². The number of alkyl halides is 3. The van der Waals surface area contributed by atoms with Crippen LogP contribution in [0, 0.1) is 0 Å². The summed E-state index contributed by atoms with van der Waals surface area (Å²) in [6.07, 6.45) is 3.72. The van der Waals surface area contributed by atoms with E-state index in [1.807, 2.05) is 30.5 Å². The second-order valence-corrected chi connectivity index (χ2v) is 11.1. The van der Waals surface area contributed by atoms with E-state index in [-0.39, 0.29) is 5.91 Å². The first-order valence-corrected chi connectivity index (χ1v) is 14.6. The fourth-order valence-corrected chi connectivity index (χ4v) is 6.11. The number of halogens is 3. The fourth-order valence-electron chi connectivity index (χ4n) is 6.11. The number of hydrogen-bond donors (Lipinski definition) is 4. The van der Waals surface area contributed by atoms with Crippen LogP contribution >= 0.6 is 0 Å². The number of anilines is 1. The van der Waals surface area contributed by atoms with E-state index in [0.717, 1.165) is 64.7 Å². The SMILES string of the molecule is O=C(Nc1cc(-c2cccc3[nH]ccc23)cc2[nH]ncc12)c1cccc(CN2CCOC3CCCCC32)n1.O=C(O)C(F)(F)F. The van der Waals surface area contributed by atoms with Gasteiger partial charge in [0.1, 0.15) is 5.69 Å². The number of carbonyl (C=O) groups is 2. The predicted octanol–water partition coefficient (Wildman–Crippen LogP) is 6.14. The molecule has 234 valence electrons. The third-order valence-corrected chi connectivity index (χ3v) is 8.21. The minimum atomic E-state index is -5.08. The van der Waals surface area contributed by atoms with E-state index >= 15 is 0 Å². The van der Waals surface area contributed by atoms with E-state index in [2.05, 4.69) is 49.7 Å². The van der Waals surface area contributed by atoms with Crippen molar-refractivity contribution in [1.82, 2.24) is 25.1 Å². The Morgan fingerprint density at radius 2 is 1.84 bits per heavy atom. The number of pyridine rings is 1. The summed E-state index contributed by atoms with van der Waals surface area (Å²) in [5.41, 5.74) is 6.03. The molecule has 5 aromatic rings. The van der Waals surface area contributed by atoms with Crippen LogP contribution in [0.2, 0.25) is 0 Å². The molecule has 3 aromatic heterocycles. The van der Waals surface area contributed by atoms with Crippen LogP contribution in [-0.2, 0) is 16.1 Å². The van der Waals surface area contributed by atoms with Gasteiger partial charge in [-0.3, -0.25) is 14.8 Å². The molecule has 0 radical (unpaired) electrons. The summed E-state index contributed by atoms with van der Waals surface area (Å²) in [4.78, 5) is 32.8. The molecule has 1 saturated heterocycles. The van der Waals surface area contributed by atoms with Gasteiger partial charge in [0.05, 0.1) is 35.8 Å². The summed E-state index contributed by atoms with van der Waals surface area (Å²) in [5.74, 6) is -2.99. The van der Waals surface area contributed by atoms with Crippen LogP contribution in [0.25, 0.3) is 32.9 Å². The van der Waals surface area contributed by atoms with Crippen molar-refractivity contribution in [2.75, 3.05) is 18.5 Å². The maximum absolute atomic E-state index is 13.4. The van der Waals surface area contributed by atoms with E-state index in [9.17, 15) is 18.0 Å². The van der Waals surface area contributed by atoms with Gasteiger partial charge in [-0.1, -0.05) is 31.0 Å². The van der Waals surface area contributed by atoms with Gasteiger partial charge in [0.15, 0.2) is 0 Å². The van der Waals surface area contributed by atoms with Crippen molar-refractivity contribution in [2.45, 2.75) is 50.6 Å². The fraction of sp³-hybridized carbons (Fsp3) is 0.312. The minimum Gasteiger partial charge on any atom is -0.475 e. The number of nitrogens with one attached hydrogen (secondary N) is 3. The van der Waals surface area contributed by atoms with Gasteiger partial charge in [0.25, 0.3) is 5.91 Å². The summed E-state index contributed by atoms with van der Waals surface area (Å²) >= 11 is 0. The Kier molecular flexibility index (Phi) is 8.55. The van der Waals surface area contributed by atoms with Crippen molar-refractivity contribution in [3.05, 3.63) is 78.4 Å². The van der Waals surface area contributed by atoms with E-state index in [4.69, 9.17) is 19.6 Å². The lowest BCUT2D eigenvalue weighted by Gasteiger charge is -2.43. The molecule has 2 aromatic carbocycles. The molecule has 2 unspecified atom stereocenters. The van der Waals surface area contributed by atoms with Crippen molar-refractivity contribution in [2.24, 2.45) is 0 Å². The average Bonchev–Trinajstić information content (AvgIpc) is 3.71. The van der Waals surface area contributed by atoms with Crippen LogP contribution in [0.15, 0.2) is 67.0 Å². The first kappa shape index (κ1) is 30.3. The molecule has 4 N–H and O–H groups in total. The van der Waals surface area contributed by atoms with Crippen molar-refractivity contribution in [3.63, 3.8) is 0 Å². The molecule has 2 fully saturated rings. The normalized spacial score (nSPS) is 18.6. The second-order valence-electron chi connectivity index (χ2n) is 11.1. The monoisotopic (exact) mass is 620 g/mol. The molecule has 7 rings (SSSR count). The first-order chi connectivity index (χ1) is 21.7. The van der Waals surface area contributed by atoms with E-state index in [1.54, 1.807) is 12.3 Å². The van der Waals surface area contributed by atoms with Gasteiger partial charge in [-0.2, -0.15) is 18.3 Å². The molecule has 0 spiro atoms. The van der Waals surface area contributed by atoms with Crippen LogP contribution in [-0.4, -0.2) is 73.5 Å². The Balaban J connectivity index is 0.000000460. The van der Waals surface area contributed by atoms with Crippen LogP contribution < -0.4 is 5.32 Å². The summed E-state index contributed by atoms with van der Waals surface area (Å²) < 4.78 is 37.8. The molecule has 1 aliphatic carbocycles. The third kappa shape index (κ3) is 6.69. The number of fused-ring (bicyclic) bond motifs is 3. The van der Waals surface area contributed by atoms with E-state index < -0.39 is 12.1 Å². The zero-order valence-electron chi connectivity index (χ0n) is 24.1. The Bertz CT molecular complexity index is 1830. The molecular formula is C32H31F3N6O4. The number of aromatic amines is 2. The molecule has 1 amide bonds. The number of benzene rings is 2. The summed E-state index contributed by atoms with van der Waals surface area (Å²) in [5, 5.41) is 19.5.